The van der Waals surface area contributed by atoms with Gasteiger partial charge in [0.05, 0.1) is 5.56 Å². The Bertz CT molecular complexity index is 393. The number of nitrogens with zero attached hydrogens (tertiary/aromatic N) is 3. The molecule has 1 aromatic heterocycles. The highest BCUT2D eigenvalue weighted by atomic mass is 32.1. The molecule has 0 aliphatic rings. The van der Waals surface area contributed by atoms with Crippen molar-refractivity contribution in [3.63, 3.8) is 0 Å². The Kier molecular flexibility index (Phi) is 6.81. The average molecular weight is 236 g/mol. The number of nitrogens with two attached hydrogens (primary N) is 1. The standard InChI is InChI=1S/C10H12N4.CH4S/c1-14(2)4-3-8-5-10(12)13-7-9(8)6-11;1-2/h3-5,7H,1-2H3,(H2,12,13);2H,1H3/b4-3+;. The third-order valence-corrected chi connectivity index (χ3v) is 1.63. The number of hydrogen-bond donors (Lipinski definition) is 2. The molecule has 0 spiro atoms. The van der Waals surface area contributed by atoms with Gasteiger partial charge in [-0.1, -0.05) is 0 Å². The van der Waals surface area contributed by atoms with Crippen LogP contribution in [0.1, 0.15) is 11.1 Å². The van der Waals surface area contributed by atoms with Gasteiger partial charge in [-0.3, -0.25) is 0 Å². The molecule has 4 nitrogen and oxygen atoms in total. The van der Waals surface area contributed by atoms with E-state index in [1.165, 1.54) is 6.20 Å². The van der Waals surface area contributed by atoms with E-state index >= 15 is 0 Å². The van der Waals surface area contributed by atoms with E-state index in [0.29, 0.717) is 11.4 Å². The summed E-state index contributed by atoms with van der Waals surface area (Å²) in [5.74, 6) is 0.419. The van der Waals surface area contributed by atoms with Crippen LogP contribution in [0.3, 0.4) is 0 Å². The number of nitrogen functional groups attached to an aromatic ring is 1. The van der Waals surface area contributed by atoms with Gasteiger partial charge in [-0.25, -0.2) is 4.98 Å². The van der Waals surface area contributed by atoms with Crippen LogP contribution >= 0.6 is 12.6 Å². The van der Waals surface area contributed by atoms with Crippen LogP contribution < -0.4 is 5.73 Å². The molecule has 16 heavy (non-hydrogen) atoms. The highest BCUT2D eigenvalue weighted by Crippen LogP contribution is 2.11. The van der Waals surface area contributed by atoms with Crippen LogP contribution in [0.25, 0.3) is 6.08 Å². The molecule has 0 saturated carbocycles. The predicted octanol–water partition coefficient (Wildman–Crippen LogP) is 1.61. The summed E-state index contributed by atoms with van der Waals surface area (Å²) in [6, 6.07) is 3.74. The van der Waals surface area contributed by atoms with Crippen LogP contribution in [0.4, 0.5) is 5.82 Å². The van der Waals surface area contributed by atoms with E-state index in [0.717, 1.165) is 5.56 Å². The first-order chi connectivity index (χ1) is 7.63. The minimum absolute atomic E-state index is 0.419. The van der Waals surface area contributed by atoms with Crippen LogP contribution in [0.5, 0.6) is 0 Å². The molecular weight excluding hydrogens is 220 g/mol. The molecule has 5 heteroatoms. The van der Waals surface area contributed by atoms with Crippen LogP contribution in [-0.2, 0) is 0 Å². The number of rotatable bonds is 2. The summed E-state index contributed by atoms with van der Waals surface area (Å²) in [4.78, 5) is 5.73. The quantitative estimate of drug-likeness (QED) is 0.766. The largest absolute Gasteiger partial charge is 0.384 e. The lowest BCUT2D eigenvalue weighted by Crippen LogP contribution is -2.00. The fraction of sp³-hybridized carbons (Fsp3) is 0.273. The highest BCUT2D eigenvalue weighted by Gasteiger charge is 1.99. The normalized spacial score (nSPS) is 9.19. The van der Waals surface area contributed by atoms with Crippen molar-refractivity contribution in [2.75, 3.05) is 26.1 Å². The van der Waals surface area contributed by atoms with Gasteiger partial charge in [0.2, 0.25) is 0 Å². The molecule has 0 amide bonds. The molecule has 0 unspecified atom stereocenters. The minimum Gasteiger partial charge on any atom is -0.384 e. The maximum absolute atomic E-state index is 8.80. The molecule has 0 saturated heterocycles. The Morgan fingerprint density at radius 1 is 1.50 bits per heavy atom. The lowest BCUT2D eigenvalue weighted by molar-refractivity contribution is 0.567. The van der Waals surface area contributed by atoms with Crippen molar-refractivity contribution in [1.82, 2.24) is 9.88 Å². The van der Waals surface area contributed by atoms with Crippen molar-refractivity contribution < 1.29 is 0 Å². The molecule has 0 aliphatic heterocycles. The second-order valence-corrected chi connectivity index (χ2v) is 3.09. The third-order valence-electron chi connectivity index (χ3n) is 1.63. The molecule has 1 heterocycles. The molecule has 86 valence electrons. The van der Waals surface area contributed by atoms with Crippen LogP contribution in [0, 0.1) is 11.3 Å². The number of thiol groups is 1. The first-order valence-corrected chi connectivity index (χ1v) is 5.48. The Labute approximate surface area is 102 Å². The van der Waals surface area contributed by atoms with Gasteiger partial charge in [0.1, 0.15) is 11.9 Å². The van der Waals surface area contributed by atoms with Crippen molar-refractivity contribution in [1.29, 1.82) is 5.26 Å². The minimum atomic E-state index is 0.419. The Morgan fingerprint density at radius 3 is 2.62 bits per heavy atom. The fourth-order valence-corrected chi connectivity index (χ4v) is 0.949. The highest BCUT2D eigenvalue weighted by molar-refractivity contribution is 7.79. The number of nitriles is 1. The van der Waals surface area contributed by atoms with Crippen molar-refractivity contribution in [2.24, 2.45) is 0 Å². The number of pyridine rings is 1. The zero-order chi connectivity index (χ0) is 12.6. The molecule has 2 N–H and O–H groups in total. The molecule has 0 fully saturated rings. The molecule has 0 atom stereocenters. The van der Waals surface area contributed by atoms with Gasteiger partial charge in [-0.15, -0.1) is 0 Å². The monoisotopic (exact) mass is 236 g/mol. The van der Waals surface area contributed by atoms with Crippen molar-refractivity contribution >= 4 is 24.5 Å². The Hall–Kier alpha value is -1.67. The van der Waals surface area contributed by atoms with Gasteiger partial charge in [0.25, 0.3) is 0 Å². The van der Waals surface area contributed by atoms with Crippen molar-refractivity contribution in [2.45, 2.75) is 0 Å². The molecule has 1 aromatic rings. The maximum atomic E-state index is 8.80. The third kappa shape index (κ3) is 4.71. The summed E-state index contributed by atoms with van der Waals surface area (Å²) in [6.07, 6.45) is 6.86. The summed E-state index contributed by atoms with van der Waals surface area (Å²) in [5, 5.41) is 8.80. The zero-order valence-corrected chi connectivity index (χ0v) is 10.6. The van der Waals surface area contributed by atoms with Gasteiger partial charge in [-0.05, 0) is 30.2 Å². The predicted molar refractivity (Wildman–Crippen MR) is 71.0 cm³/mol. The van der Waals surface area contributed by atoms with Crippen LogP contribution in [-0.4, -0.2) is 30.2 Å². The summed E-state index contributed by atoms with van der Waals surface area (Å²) >= 11 is 3.53. The summed E-state index contributed by atoms with van der Waals surface area (Å²) in [7, 11) is 3.82. The lowest BCUT2D eigenvalue weighted by atomic mass is 10.1. The number of hydrogen-bond acceptors (Lipinski definition) is 5. The van der Waals surface area contributed by atoms with Crippen LogP contribution in [0.15, 0.2) is 18.5 Å². The van der Waals surface area contributed by atoms with E-state index < -0.39 is 0 Å². The molecular formula is C11H16N4S. The smallest absolute Gasteiger partial charge is 0.123 e. The molecule has 1 rings (SSSR count). The van der Waals surface area contributed by atoms with E-state index in [2.05, 4.69) is 23.7 Å². The summed E-state index contributed by atoms with van der Waals surface area (Å²) < 4.78 is 0. The zero-order valence-electron chi connectivity index (χ0n) is 9.68. The van der Waals surface area contributed by atoms with Gasteiger partial charge < -0.3 is 10.6 Å². The summed E-state index contributed by atoms with van der Waals surface area (Å²) in [5.41, 5.74) is 6.83. The van der Waals surface area contributed by atoms with E-state index in [9.17, 15) is 0 Å². The van der Waals surface area contributed by atoms with Crippen molar-refractivity contribution in [3.05, 3.63) is 29.6 Å². The topological polar surface area (TPSA) is 65.9 Å². The second kappa shape index (κ2) is 7.60. The van der Waals surface area contributed by atoms with E-state index in [1.807, 2.05) is 31.3 Å². The first kappa shape index (κ1) is 14.3. The van der Waals surface area contributed by atoms with E-state index in [1.54, 1.807) is 12.3 Å². The molecule has 0 bridgehead atoms. The van der Waals surface area contributed by atoms with E-state index in [4.69, 9.17) is 11.0 Å². The van der Waals surface area contributed by atoms with Crippen LogP contribution in [0.2, 0.25) is 0 Å². The van der Waals surface area contributed by atoms with Gasteiger partial charge in [-0.2, -0.15) is 17.9 Å². The SMILES string of the molecule is CN(C)/C=C/c1cc(N)ncc1C#N.CS. The maximum Gasteiger partial charge on any atom is 0.123 e. The number of anilines is 1. The lowest BCUT2D eigenvalue weighted by Gasteiger charge is -2.04. The first-order valence-electron chi connectivity index (χ1n) is 4.58. The fourth-order valence-electron chi connectivity index (χ4n) is 0.949. The Balaban J connectivity index is 0.00000106. The van der Waals surface area contributed by atoms with Gasteiger partial charge in [0.15, 0.2) is 0 Å². The molecule has 0 aliphatic carbocycles. The number of aromatic nitrogens is 1. The average Bonchev–Trinajstić information content (AvgIpc) is 2.29. The second-order valence-electron chi connectivity index (χ2n) is 3.09. The van der Waals surface area contributed by atoms with Crippen molar-refractivity contribution in [3.8, 4) is 6.07 Å². The molecule has 0 aromatic carbocycles. The summed E-state index contributed by atoms with van der Waals surface area (Å²) in [6.45, 7) is 0. The van der Waals surface area contributed by atoms with Gasteiger partial charge >= 0.3 is 0 Å². The Morgan fingerprint density at radius 2 is 2.12 bits per heavy atom. The molecule has 0 radical (unpaired) electrons. The van der Waals surface area contributed by atoms with Gasteiger partial charge in [0, 0.05) is 20.3 Å². The van der Waals surface area contributed by atoms with E-state index in [-0.39, 0.29) is 0 Å².